The molecule has 0 N–H and O–H groups in total. The zero-order chi connectivity index (χ0) is 19.1. The number of hydrogen-bond acceptors (Lipinski definition) is 5. The lowest BCUT2D eigenvalue weighted by atomic mass is 10.1. The van der Waals surface area contributed by atoms with Gasteiger partial charge in [0.05, 0.1) is 23.3 Å². The van der Waals surface area contributed by atoms with Gasteiger partial charge in [0.15, 0.2) is 0 Å². The van der Waals surface area contributed by atoms with Gasteiger partial charge < -0.3 is 4.90 Å². The molecule has 2 aromatic rings. The molecule has 1 amide bonds. The van der Waals surface area contributed by atoms with Gasteiger partial charge in [-0.3, -0.25) is 4.79 Å². The second-order valence-electron chi connectivity index (χ2n) is 5.87. The van der Waals surface area contributed by atoms with Crippen LogP contribution >= 0.6 is 11.8 Å². The van der Waals surface area contributed by atoms with Gasteiger partial charge in [0, 0.05) is 17.9 Å². The number of rotatable bonds is 6. The van der Waals surface area contributed by atoms with E-state index >= 15 is 0 Å². The first-order valence-electron chi connectivity index (χ1n) is 8.26. The summed E-state index contributed by atoms with van der Waals surface area (Å²) in [5.41, 5.74) is 2.93. The summed E-state index contributed by atoms with van der Waals surface area (Å²) in [7, 11) is 0. The molecule has 0 spiro atoms. The molecule has 6 heteroatoms. The van der Waals surface area contributed by atoms with Crippen molar-refractivity contribution in [2.24, 2.45) is 0 Å². The van der Waals surface area contributed by atoms with E-state index in [0.717, 1.165) is 16.9 Å². The first-order chi connectivity index (χ1) is 12.5. The fraction of sp³-hybridized carbons (Fsp3) is 0.300. The number of carbonyl (C=O) groups excluding carboxylic acids is 1. The number of pyridine rings is 1. The minimum atomic E-state index is -0.435. The lowest BCUT2D eigenvalue weighted by Crippen LogP contribution is -2.37. The van der Waals surface area contributed by atoms with Gasteiger partial charge in [-0.2, -0.15) is 10.5 Å². The number of anilines is 1. The van der Waals surface area contributed by atoms with Crippen LogP contribution in [0.5, 0.6) is 0 Å². The van der Waals surface area contributed by atoms with Crippen molar-refractivity contribution < 1.29 is 4.79 Å². The molecule has 0 saturated heterocycles. The van der Waals surface area contributed by atoms with E-state index in [1.165, 1.54) is 11.8 Å². The molecule has 0 aliphatic rings. The summed E-state index contributed by atoms with van der Waals surface area (Å²) in [4.78, 5) is 19.1. The van der Waals surface area contributed by atoms with E-state index in [1.54, 1.807) is 11.8 Å². The smallest absolute Gasteiger partial charge is 0.240 e. The third kappa shape index (κ3) is 4.62. The Bertz CT molecular complexity index is 868. The number of aromatic nitrogens is 1. The van der Waals surface area contributed by atoms with Crippen molar-refractivity contribution in [3.63, 3.8) is 0 Å². The molecule has 5 nitrogen and oxygen atoms in total. The lowest BCUT2D eigenvalue weighted by Gasteiger charge is -2.25. The molecule has 1 aromatic heterocycles. The van der Waals surface area contributed by atoms with Crippen LogP contribution in [0.25, 0.3) is 0 Å². The Balaban J connectivity index is 2.27. The summed E-state index contributed by atoms with van der Waals surface area (Å²) in [5, 5.41) is 18.5. The second kappa shape index (κ2) is 9.03. The van der Waals surface area contributed by atoms with E-state index in [0.29, 0.717) is 17.1 Å². The fourth-order valence-corrected chi connectivity index (χ4v) is 3.68. The van der Waals surface area contributed by atoms with Crippen molar-refractivity contribution >= 4 is 23.4 Å². The van der Waals surface area contributed by atoms with Crippen molar-refractivity contribution in [1.82, 2.24) is 4.98 Å². The largest absolute Gasteiger partial charge is 0.310 e. The molecule has 0 fully saturated rings. The van der Waals surface area contributed by atoms with Gasteiger partial charge in [-0.05, 0) is 44.5 Å². The molecular formula is C20H20N4OS. The number of hydrogen-bond donors (Lipinski definition) is 0. The monoisotopic (exact) mass is 364 g/mol. The SMILES string of the molecule is Cc1cc(C)c(C#N)c(S[C@@H](C)C(=O)N(CCC#N)c2ccccc2)n1. The molecule has 132 valence electrons. The van der Waals surface area contributed by atoms with Crippen LogP contribution in [-0.2, 0) is 4.79 Å². The molecule has 1 heterocycles. The van der Waals surface area contributed by atoms with Crippen molar-refractivity contribution in [1.29, 1.82) is 10.5 Å². The number of aryl methyl sites for hydroxylation is 2. The van der Waals surface area contributed by atoms with Crippen LogP contribution < -0.4 is 4.90 Å². The maximum absolute atomic E-state index is 13.0. The Hall–Kier alpha value is -2.83. The van der Waals surface area contributed by atoms with Crippen LogP contribution in [-0.4, -0.2) is 22.7 Å². The first kappa shape index (κ1) is 19.5. The maximum Gasteiger partial charge on any atom is 0.240 e. The van der Waals surface area contributed by atoms with Crippen LogP contribution in [0.3, 0.4) is 0 Å². The molecule has 0 bridgehead atoms. The number of para-hydroxylation sites is 1. The highest BCUT2D eigenvalue weighted by molar-refractivity contribution is 8.00. The van der Waals surface area contributed by atoms with E-state index in [-0.39, 0.29) is 12.3 Å². The summed E-state index contributed by atoms with van der Waals surface area (Å²) in [6, 6.07) is 15.4. The van der Waals surface area contributed by atoms with Gasteiger partial charge >= 0.3 is 0 Å². The standard InChI is InChI=1S/C20H20N4OS/c1-14-12-15(2)23-19(18(14)13-22)26-16(3)20(25)24(11-7-10-21)17-8-5-4-6-9-17/h4-6,8-9,12,16H,7,11H2,1-3H3/t16-/m0/s1. The Kier molecular flexibility index (Phi) is 6.77. The third-order valence-electron chi connectivity index (χ3n) is 3.84. The van der Waals surface area contributed by atoms with Crippen LogP contribution in [0.1, 0.15) is 30.2 Å². The maximum atomic E-state index is 13.0. The minimum Gasteiger partial charge on any atom is -0.310 e. The number of nitrogens with zero attached hydrogens (tertiary/aromatic N) is 4. The van der Waals surface area contributed by atoms with Crippen molar-refractivity contribution in [2.75, 3.05) is 11.4 Å². The molecule has 26 heavy (non-hydrogen) atoms. The molecule has 0 radical (unpaired) electrons. The average molecular weight is 364 g/mol. The van der Waals surface area contributed by atoms with Crippen LogP contribution in [0.2, 0.25) is 0 Å². The zero-order valence-electron chi connectivity index (χ0n) is 15.1. The normalized spacial score (nSPS) is 11.3. The van der Waals surface area contributed by atoms with E-state index in [9.17, 15) is 10.1 Å². The van der Waals surface area contributed by atoms with Gasteiger partial charge in [0.25, 0.3) is 0 Å². The molecule has 0 aliphatic carbocycles. The second-order valence-corrected chi connectivity index (χ2v) is 7.20. The van der Waals surface area contributed by atoms with Crippen molar-refractivity contribution in [2.45, 2.75) is 37.5 Å². The summed E-state index contributed by atoms with van der Waals surface area (Å²) < 4.78 is 0. The highest BCUT2D eigenvalue weighted by Crippen LogP contribution is 2.29. The number of benzene rings is 1. The molecule has 1 atom stereocenters. The predicted octanol–water partition coefficient (Wildman–Crippen LogP) is 4.00. The number of amides is 1. The number of thioether (sulfide) groups is 1. The Labute approximate surface area is 158 Å². The molecule has 0 saturated carbocycles. The number of carbonyl (C=O) groups is 1. The van der Waals surface area contributed by atoms with E-state index in [2.05, 4.69) is 17.1 Å². The highest BCUT2D eigenvalue weighted by Gasteiger charge is 2.24. The van der Waals surface area contributed by atoms with E-state index < -0.39 is 5.25 Å². The summed E-state index contributed by atoms with van der Waals surface area (Å²) in [5.74, 6) is -0.110. The van der Waals surface area contributed by atoms with Crippen LogP contribution in [0.4, 0.5) is 5.69 Å². The number of nitriles is 2. The Morgan fingerprint density at radius 1 is 1.27 bits per heavy atom. The van der Waals surface area contributed by atoms with Gasteiger partial charge in [-0.1, -0.05) is 30.0 Å². The van der Waals surface area contributed by atoms with Crippen LogP contribution in [0, 0.1) is 36.5 Å². The lowest BCUT2D eigenvalue weighted by molar-refractivity contribution is -0.117. The highest BCUT2D eigenvalue weighted by atomic mass is 32.2. The summed E-state index contributed by atoms with van der Waals surface area (Å²) >= 11 is 1.28. The third-order valence-corrected chi connectivity index (χ3v) is 4.91. The van der Waals surface area contributed by atoms with Gasteiger partial charge in [0.1, 0.15) is 11.1 Å². The summed E-state index contributed by atoms with van der Waals surface area (Å²) in [6.07, 6.45) is 0.253. The average Bonchev–Trinajstić information content (AvgIpc) is 2.62. The van der Waals surface area contributed by atoms with Gasteiger partial charge in [0.2, 0.25) is 5.91 Å². The Morgan fingerprint density at radius 3 is 2.58 bits per heavy atom. The van der Waals surface area contributed by atoms with E-state index in [4.69, 9.17) is 5.26 Å². The predicted molar refractivity (Wildman–Crippen MR) is 103 cm³/mol. The zero-order valence-corrected chi connectivity index (χ0v) is 15.9. The topological polar surface area (TPSA) is 80.8 Å². The molecule has 0 aliphatic heterocycles. The molecular weight excluding hydrogens is 344 g/mol. The Morgan fingerprint density at radius 2 is 1.96 bits per heavy atom. The summed E-state index contributed by atoms with van der Waals surface area (Å²) in [6.45, 7) is 5.87. The fourth-order valence-electron chi connectivity index (χ4n) is 2.60. The van der Waals surface area contributed by atoms with Gasteiger partial charge in [-0.15, -0.1) is 0 Å². The van der Waals surface area contributed by atoms with E-state index in [1.807, 2.05) is 50.2 Å². The van der Waals surface area contributed by atoms with Crippen molar-refractivity contribution in [3.8, 4) is 12.1 Å². The minimum absolute atomic E-state index is 0.110. The molecule has 1 aromatic carbocycles. The first-order valence-corrected chi connectivity index (χ1v) is 9.14. The quantitative estimate of drug-likeness (QED) is 0.724. The van der Waals surface area contributed by atoms with Gasteiger partial charge in [-0.25, -0.2) is 4.98 Å². The molecule has 0 unspecified atom stereocenters. The molecule has 2 rings (SSSR count). The van der Waals surface area contributed by atoms with Crippen molar-refractivity contribution in [3.05, 3.63) is 53.2 Å². The van der Waals surface area contributed by atoms with Crippen LogP contribution in [0.15, 0.2) is 41.4 Å².